The molecule has 0 saturated heterocycles. The minimum atomic E-state index is -3.01. The minimum Gasteiger partial charge on any atom is -0.396 e. The molecule has 0 bridgehead atoms. The fourth-order valence-electron chi connectivity index (χ4n) is 0.156. The third kappa shape index (κ3) is 12.9. The summed E-state index contributed by atoms with van der Waals surface area (Å²) in [5.41, 5.74) is 0. The maximum absolute atomic E-state index is 11.4. The van der Waals surface area contributed by atoms with Crippen LogP contribution < -0.4 is 0 Å². The van der Waals surface area contributed by atoms with Crippen molar-refractivity contribution < 1.29 is 44.4 Å². The second kappa shape index (κ2) is 8.26. The van der Waals surface area contributed by atoms with E-state index in [2.05, 4.69) is 4.74 Å². The fraction of sp³-hybridized carbons (Fsp3) is 0. The van der Waals surface area contributed by atoms with Crippen molar-refractivity contribution in [2.75, 3.05) is 0 Å². The third-order valence-corrected chi connectivity index (χ3v) is 0.476. The Morgan fingerprint density at radius 3 is 1.20 bits per heavy atom. The Balaban J connectivity index is 0. The summed E-state index contributed by atoms with van der Waals surface area (Å²) in [5.74, 6) is 0. The summed E-state index contributed by atoms with van der Waals surface area (Å²) in [4.78, 5) is 0. The Bertz CT molecular complexity index is 255. The predicted molar refractivity (Wildman–Crippen MR) is 35.2 cm³/mol. The van der Waals surface area contributed by atoms with Gasteiger partial charge in [-0.15, -0.1) is 0 Å². The molecule has 0 fully saturated rings. The van der Waals surface area contributed by atoms with Crippen molar-refractivity contribution in [1.29, 1.82) is 0 Å². The zero-order valence-electron chi connectivity index (χ0n) is 6.39. The maximum atomic E-state index is 11.4. The highest BCUT2D eigenvalue weighted by atomic mass is 32.2. The Morgan fingerprint density at radius 2 is 1.07 bits per heavy atom. The van der Waals surface area contributed by atoms with Gasteiger partial charge in [-0.3, -0.25) is 9.11 Å². The van der Waals surface area contributed by atoms with Gasteiger partial charge in [-0.2, -0.15) is 30.6 Å². The first-order valence-electron chi connectivity index (χ1n) is 2.57. The van der Waals surface area contributed by atoms with Crippen LogP contribution in [-0.2, 0) is 16.1 Å². The van der Waals surface area contributed by atoms with Crippen LogP contribution in [0.25, 0.3) is 0 Å². The molecule has 0 amide bonds. The summed E-state index contributed by atoms with van der Waals surface area (Å²) in [7, 11) is 0. The van der Waals surface area contributed by atoms with Gasteiger partial charge < -0.3 is 4.74 Å². The molecule has 2 N–H and O–H groups in total. The zero-order chi connectivity index (χ0) is 12.6. The monoisotopic (exact) mass is 260 g/mol. The summed E-state index contributed by atoms with van der Waals surface area (Å²) in [6.45, 7) is 0. The van der Waals surface area contributed by atoms with Crippen LogP contribution in [0.5, 0.6) is 0 Å². The molecular formula is C4H2F6O4S. The van der Waals surface area contributed by atoms with Crippen molar-refractivity contribution >= 4 is 11.4 Å². The van der Waals surface area contributed by atoms with Crippen molar-refractivity contribution in [2.24, 2.45) is 0 Å². The smallest absolute Gasteiger partial charge is 0.346 e. The Morgan fingerprint density at radius 1 is 0.867 bits per heavy atom. The lowest BCUT2D eigenvalue weighted by Gasteiger charge is -1.94. The quantitative estimate of drug-likeness (QED) is 0.455. The van der Waals surface area contributed by atoms with Gasteiger partial charge in [-0.05, 0) is 0 Å². The van der Waals surface area contributed by atoms with Crippen LogP contribution in [0, 0.1) is 0 Å². The molecule has 0 spiro atoms. The summed E-state index contributed by atoms with van der Waals surface area (Å²) in [6.07, 6.45) is -6.03. The molecule has 0 radical (unpaired) electrons. The van der Waals surface area contributed by atoms with E-state index in [9.17, 15) is 26.3 Å². The molecule has 0 aromatic rings. The second-order valence-electron chi connectivity index (χ2n) is 1.40. The van der Waals surface area contributed by atoms with E-state index in [1.807, 2.05) is 0 Å². The molecule has 11 heteroatoms. The van der Waals surface area contributed by atoms with E-state index in [-0.39, 0.29) is 0 Å². The van der Waals surface area contributed by atoms with Gasteiger partial charge in [0.2, 0.25) is 0 Å². The summed E-state index contributed by atoms with van der Waals surface area (Å²) < 4.78 is 92.4. The zero-order valence-corrected chi connectivity index (χ0v) is 7.20. The van der Waals surface area contributed by atoms with Crippen molar-refractivity contribution in [2.45, 2.75) is 0 Å². The van der Waals surface area contributed by atoms with E-state index in [0.29, 0.717) is 0 Å². The third-order valence-electron chi connectivity index (χ3n) is 0.476. The lowest BCUT2D eigenvalue weighted by atomic mass is 10.9. The average molecular weight is 260 g/mol. The number of ether oxygens (including phenoxy) is 1. The average Bonchev–Trinajstić information content (AvgIpc) is 2.02. The van der Waals surface area contributed by atoms with Gasteiger partial charge in [-0.1, -0.05) is 0 Å². The molecule has 15 heavy (non-hydrogen) atoms. The van der Waals surface area contributed by atoms with Gasteiger partial charge >= 0.3 is 24.2 Å². The second-order valence-corrected chi connectivity index (χ2v) is 1.86. The van der Waals surface area contributed by atoms with Crippen molar-refractivity contribution in [3.05, 3.63) is 24.2 Å². The topological polar surface area (TPSA) is 66.8 Å². The van der Waals surface area contributed by atoms with E-state index in [1.54, 1.807) is 0 Å². The van der Waals surface area contributed by atoms with E-state index in [1.165, 1.54) is 0 Å². The fourth-order valence-corrected chi connectivity index (χ4v) is 0.156. The molecule has 0 unspecified atom stereocenters. The molecule has 90 valence electrons. The lowest BCUT2D eigenvalue weighted by Crippen LogP contribution is -1.85. The van der Waals surface area contributed by atoms with Crippen molar-refractivity contribution in [1.82, 2.24) is 0 Å². The molecular weight excluding hydrogens is 258 g/mol. The van der Waals surface area contributed by atoms with Gasteiger partial charge in [0.25, 0.3) is 11.4 Å². The lowest BCUT2D eigenvalue weighted by molar-refractivity contribution is 0.109. The highest BCUT2D eigenvalue weighted by Crippen LogP contribution is 2.19. The van der Waals surface area contributed by atoms with Gasteiger partial charge in [0, 0.05) is 0 Å². The van der Waals surface area contributed by atoms with Gasteiger partial charge in [0.05, 0.1) is 0 Å². The highest BCUT2D eigenvalue weighted by molar-refractivity contribution is 7.73. The van der Waals surface area contributed by atoms with Crippen LogP contribution in [0.15, 0.2) is 24.2 Å². The molecule has 0 aromatic carbocycles. The Kier molecular flexibility index (Phi) is 9.01. The summed E-state index contributed by atoms with van der Waals surface area (Å²) >= 11 is -2.61. The predicted octanol–water partition coefficient (Wildman–Crippen LogP) is 2.75. The van der Waals surface area contributed by atoms with Gasteiger partial charge in [-0.25, -0.2) is 0 Å². The van der Waals surface area contributed by atoms with Crippen LogP contribution in [0.1, 0.15) is 0 Å². The van der Waals surface area contributed by atoms with Gasteiger partial charge in [0.15, 0.2) is 0 Å². The Hall–Kier alpha value is -1.07. The number of halogens is 6. The first kappa shape index (κ1) is 16.4. The van der Waals surface area contributed by atoms with Crippen molar-refractivity contribution in [3.8, 4) is 0 Å². The standard InChI is InChI=1S/C4F6O.H2O3S/c5-1(6)3(9)11-4(10)2(7)8;1-4(2)3/h;(H2,1,2,3). The van der Waals surface area contributed by atoms with Crippen LogP contribution >= 0.6 is 0 Å². The number of hydrogen-bond donors (Lipinski definition) is 2. The highest BCUT2D eigenvalue weighted by Gasteiger charge is 2.13. The van der Waals surface area contributed by atoms with E-state index < -0.39 is 35.5 Å². The van der Waals surface area contributed by atoms with Crippen LogP contribution in [0.4, 0.5) is 26.3 Å². The first-order valence-corrected chi connectivity index (χ1v) is 3.64. The number of rotatable bonds is 2. The van der Waals surface area contributed by atoms with Gasteiger partial charge in [0.1, 0.15) is 0 Å². The van der Waals surface area contributed by atoms with E-state index >= 15 is 0 Å². The number of hydrogen-bond acceptors (Lipinski definition) is 2. The van der Waals surface area contributed by atoms with Crippen LogP contribution in [0.3, 0.4) is 0 Å². The molecule has 0 saturated carbocycles. The molecule has 4 nitrogen and oxygen atoms in total. The molecule has 0 aliphatic carbocycles. The molecule has 0 rings (SSSR count). The molecule has 0 atom stereocenters. The maximum Gasteiger partial charge on any atom is 0.346 e. The van der Waals surface area contributed by atoms with E-state index in [4.69, 9.17) is 13.3 Å². The molecule has 0 aliphatic rings. The summed E-state index contributed by atoms with van der Waals surface area (Å²) in [6, 6.07) is -5.37. The minimum absolute atomic E-state index is 2.61. The van der Waals surface area contributed by atoms with Crippen molar-refractivity contribution in [3.63, 3.8) is 0 Å². The van der Waals surface area contributed by atoms with E-state index in [0.717, 1.165) is 0 Å². The molecule has 0 heterocycles. The normalized spacial score (nSPS) is 8.87. The first-order chi connectivity index (χ1) is 6.68. The molecule has 0 aliphatic heterocycles. The molecule has 0 aromatic heterocycles. The SMILES string of the molecule is FC(F)=C(F)OC(F)=C(F)F.O=S(O)O. The van der Waals surface area contributed by atoms with Crippen LogP contribution in [0.2, 0.25) is 0 Å². The summed E-state index contributed by atoms with van der Waals surface area (Å²) in [5, 5.41) is 0. The van der Waals surface area contributed by atoms with Crippen LogP contribution in [-0.4, -0.2) is 13.3 Å². The largest absolute Gasteiger partial charge is 0.396 e. The Labute approximate surface area is 80.9 Å².